The number of amides is 3. The van der Waals surface area contributed by atoms with E-state index in [0.29, 0.717) is 0 Å². The summed E-state index contributed by atoms with van der Waals surface area (Å²) >= 11 is 0. The minimum atomic E-state index is -1.68. The first-order valence-corrected chi connectivity index (χ1v) is 6.49. The molecule has 2 N–H and O–H groups in total. The number of rotatable bonds is 3. The summed E-state index contributed by atoms with van der Waals surface area (Å²) in [5, 5.41) is 11.0. The lowest BCUT2D eigenvalue weighted by molar-refractivity contribution is -0.785. The third-order valence-corrected chi connectivity index (χ3v) is 3.47. The zero-order valence-corrected chi connectivity index (χ0v) is 11.8. The quantitative estimate of drug-likeness (QED) is 0.458. The number of carboxylic acid groups (broad SMARTS) is 1. The van der Waals surface area contributed by atoms with Crippen LogP contribution in [0.1, 0.15) is 5.56 Å². The number of hydrogen-bond acceptors (Lipinski definition) is 5. The number of hydrogen-bond donors (Lipinski definition) is 2. The van der Waals surface area contributed by atoms with E-state index in [2.05, 4.69) is 5.32 Å². The van der Waals surface area contributed by atoms with Gasteiger partial charge >= 0.3 is 23.9 Å². The lowest BCUT2D eigenvalue weighted by Crippen LogP contribution is -2.76. The van der Waals surface area contributed by atoms with Gasteiger partial charge in [0.1, 0.15) is 13.2 Å². The van der Waals surface area contributed by atoms with Crippen molar-refractivity contribution < 1.29 is 33.5 Å². The number of nitrogens with one attached hydrogen (secondary N) is 1. The van der Waals surface area contributed by atoms with E-state index in [0.717, 1.165) is 5.56 Å². The van der Waals surface area contributed by atoms with Crippen LogP contribution in [-0.4, -0.2) is 53.1 Å². The summed E-state index contributed by atoms with van der Waals surface area (Å²) < 4.78 is 4.09. The van der Waals surface area contributed by atoms with Gasteiger partial charge < -0.3 is 15.2 Å². The maximum atomic E-state index is 11.9. The number of carbonyl (C=O) groups excluding carboxylic acids is 3. The molecule has 1 heterocycles. The van der Waals surface area contributed by atoms with Gasteiger partial charge in [-0.25, -0.2) is 19.2 Å². The van der Waals surface area contributed by atoms with Crippen LogP contribution in [0.15, 0.2) is 30.3 Å². The maximum absolute atomic E-state index is 11.9. The molecule has 22 heavy (non-hydrogen) atoms. The summed E-state index contributed by atoms with van der Waals surface area (Å²) in [6.45, 7) is -0.0574. The van der Waals surface area contributed by atoms with Crippen LogP contribution in [0.25, 0.3) is 0 Å². The van der Waals surface area contributed by atoms with Gasteiger partial charge in [0, 0.05) is 0 Å². The molecule has 116 valence electrons. The zero-order valence-electron chi connectivity index (χ0n) is 11.8. The lowest BCUT2D eigenvalue weighted by atomic mass is 10.0. The van der Waals surface area contributed by atoms with Gasteiger partial charge in [0.15, 0.2) is 6.04 Å². The van der Waals surface area contributed by atoms with Crippen molar-refractivity contribution in [1.82, 2.24) is 5.32 Å². The average Bonchev–Trinajstić information content (AvgIpc) is 2.52. The number of likely N-dealkylation sites (N-methyl/N-ethyl adjacent to an activating group) is 1. The van der Waals surface area contributed by atoms with Crippen molar-refractivity contribution in [2.24, 2.45) is 0 Å². The molecule has 2 rings (SSSR count). The number of likely N-dealkylation sites (tertiary alicyclic amines) is 1. The van der Waals surface area contributed by atoms with Crippen LogP contribution in [0.5, 0.6) is 0 Å². The van der Waals surface area contributed by atoms with E-state index < -0.39 is 34.4 Å². The summed E-state index contributed by atoms with van der Waals surface area (Å²) in [5.41, 5.74) is 0.791. The highest BCUT2D eigenvalue weighted by Gasteiger charge is 2.59. The Labute approximate surface area is 125 Å². The van der Waals surface area contributed by atoms with Crippen LogP contribution in [0, 0.1) is 0 Å². The summed E-state index contributed by atoms with van der Waals surface area (Å²) in [6, 6.07) is 8.06. The van der Waals surface area contributed by atoms with Crippen molar-refractivity contribution in [1.29, 1.82) is 0 Å². The van der Waals surface area contributed by atoms with Crippen LogP contribution in [0.3, 0.4) is 0 Å². The minimum Gasteiger partial charge on any atom is -0.471 e. The number of carbonyl (C=O) groups is 4. The van der Waals surface area contributed by atoms with E-state index in [1.54, 1.807) is 24.3 Å². The number of carboxylic acids is 1. The van der Waals surface area contributed by atoms with Gasteiger partial charge in [-0.15, -0.1) is 0 Å². The normalized spacial score (nSPS) is 23.3. The number of β-lactam (4-membered cyclic amide) rings is 1. The Hall–Kier alpha value is -2.74. The Morgan fingerprint density at radius 3 is 2.50 bits per heavy atom. The molecule has 8 nitrogen and oxygen atoms in total. The van der Waals surface area contributed by atoms with Crippen LogP contribution in [0.2, 0.25) is 0 Å². The fourth-order valence-corrected chi connectivity index (χ4v) is 2.17. The van der Waals surface area contributed by atoms with Gasteiger partial charge in [0.2, 0.25) is 0 Å². The molecule has 0 aromatic heterocycles. The van der Waals surface area contributed by atoms with Crippen molar-refractivity contribution in [3.63, 3.8) is 0 Å². The Kier molecular flexibility index (Phi) is 4.22. The molecule has 0 spiro atoms. The van der Waals surface area contributed by atoms with E-state index in [9.17, 15) is 19.2 Å². The number of aliphatic carboxylic acids is 1. The smallest absolute Gasteiger partial charge is 0.435 e. The highest BCUT2D eigenvalue weighted by atomic mass is 16.5. The van der Waals surface area contributed by atoms with Gasteiger partial charge in [-0.1, -0.05) is 30.3 Å². The third kappa shape index (κ3) is 2.96. The van der Waals surface area contributed by atoms with Crippen LogP contribution in [0.4, 0.5) is 4.79 Å². The maximum Gasteiger partial charge on any atom is 0.435 e. The van der Waals surface area contributed by atoms with E-state index in [1.807, 2.05) is 6.07 Å². The standard InChI is InChI=1S/C14H14N2O6/c1-16(12(18)13(19)20)7-10(11(16)17)15-14(21)22-8-9-5-3-2-4-6-9/h2-6,10H,7-8H2,1H3,(H-,15,19,20,21)/p+1. The second-order valence-electron chi connectivity index (χ2n) is 5.08. The van der Waals surface area contributed by atoms with E-state index in [4.69, 9.17) is 9.84 Å². The molecule has 3 amide bonds. The fraction of sp³-hybridized carbons (Fsp3) is 0.286. The van der Waals surface area contributed by atoms with Gasteiger partial charge in [-0.2, -0.15) is 4.48 Å². The first-order valence-electron chi connectivity index (χ1n) is 6.49. The zero-order chi connectivity index (χ0) is 16.3. The van der Waals surface area contributed by atoms with E-state index in [1.165, 1.54) is 7.05 Å². The molecule has 2 atom stereocenters. The highest BCUT2D eigenvalue weighted by molar-refractivity contribution is 6.30. The number of ether oxygens (including phenoxy) is 1. The molecule has 0 radical (unpaired) electrons. The van der Waals surface area contributed by atoms with Crippen molar-refractivity contribution in [3.8, 4) is 0 Å². The van der Waals surface area contributed by atoms with Gasteiger partial charge in [-0.3, -0.25) is 0 Å². The molecule has 1 aliphatic rings. The van der Waals surface area contributed by atoms with Crippen LogP contribution < -0.4 is 5.32 Å². The number of imide groups is 1. The fourth-order valence-electron chi connectivity index (χ4n) is 2.17. The topological polar surface area (TPSA) is 110 Å². The van der Waals surface area contributed by atoms with Crippen molar-refractivity contribution in [3.05, 3.63) is 35.9 Å². The largest absolute Gasteiger partial charge is 0.471 e. The Balaban J connectivity index is 1.83. The minimum absolute atomic E-state index is 0.0494. The lowest BCUT2D eigenvalue weighted by Gasteiger charge is -2.40. The predicted octanol–water partition coefficient (Wildman–Crippen LogP) is -0.121. The molecule has 1 aromatic rings. The average molecular weight is 307 g/mol. The van der Waals surface area contributed by atoms with Crippen LogP contribution in [-0.2, 0) is 25.7 Å². The molecular weight excluding hydrogens is 292 g/mol. The molecule has 8 heteroatoms. The molecular formula is C14H15N2O6+. The Bertz CT molecular complexity index is 629. The summed E-state index contributed by atoms with van der Waals surface area (Å²) in [7, 11) is 1.20. The van der Waals surface area contributed by atoms with Gasteiger partial charge in [0.25, 0.3) is 0 Å². The first-order chi connectivity index (χ1) is 10.3. The number of alkyl carbamates (subject to hydrolysis) is 1. The summed E-state index contributed by atoms with van der Waals surface area (Å²) in [6.07, 6.45) is -0.795. The molecule has 1 aliphatic heterocycles. The molecule has 2 unspecified atom stereocenters. The van der Waals surface area contributed by atoms with Gasteiger partial charge in [0.05, 0.1) is 7.05 Å². The highest BCUT2D eigenvalue weighted by Crippen LogP contribution is 2.20. The van der Waals surface area contributed by atoms with E-state index >= 15 is 0 Å². The molecule has 0 aliphatic carbocycles. The molecule has 0 bridgehead atoms. The molecule has 1 aromatic carbocycles. The van der Waals surface area contributed by atoms with Crippen molar-refractivity contribution in [2.75, 3.05) is 13.6 Å². The van der Waals surface area contributed by atoms with Crippen molar-refractivity contribution in [2.45, 2.75) is 12.6 Å². The Morgan fingerprint density at radius 2 is 1.95 bits per heavy atom. The second-order valence-corrected chi connectivity index (χ2v) is 5.08. The molecule has 0 saturated carbocycles. The SMILES string of the molecule is C[N+]1(C(=O)C(=O)O)CC(NC(=O)OCc2ccccc2)C1=O. The van der Waals surface area contributed by atoms with Gasteiger partial charge in [-0.05, 0) is 5.56 Å². The Morgan fingerprint density at radius 1 is 1.32 bits per heavy atom. The number of nitrogens with zero attached hydrogens (tertiary/aromatic N) is 1. The third-order valence-electron chi connectivity index (χ3n) is 3.47. The second kappa shape index (κ2) is 5.94. The predicted molar refractivity (Wildman–Crippen MR) is 72.3 cm³/mol. The van der Waals surface area contributed by atoms with Crippen LogP contribution >= 0.6 is 0 Å². The first kappa shape index (κ1) is 15.6. The van der Waals surface area contributed by atoms with E-state index in [-0.39, 0.29) is 13.2 Å². The monoisotopic (exact) mass is 307 g/mol. The molecule has 1 fully saturated rings. The number of quaternary nitrogens is 1. The summed E-state index contributed by atoms with van der Waals surface area (Å²) in [4.78, 5) is 45.5. The van der Waals surface area contributed by atoms with Crippen molar-refractivity contribution >= 4 is 23.9 Å². The molecule has 1 saturated heterocycles. The number of benzene rings is 1. The summed E-state index contributed by atoms with van der Waals surface area (Å²) in [5.74, 6) is -3.58.